The Hall–Kier alpha value is -1.06. The first-order chi connectivity index (χ1) is 22.9. The SMILES string of the molecule is C[C@@H]1CC(CNCCCC=O)OC2[C@H]1C1(C)CCC34CC35CCC(O[C@H]3CN(C(=O)CC6CC6)CCO3)C(C)(C)[C@@H]5CCC4[C@]1(C)[C@H]2O. The van der Waals surface area contributed by atoms with Crippen LogP contribution in [0.4, 0.5) is 0 Å². The molecule has 13 atom stereocenters. The number of aldehydes is 1. The number of hydrogen-bond acceptors (Lipinski definition) is 7. The van der Waals surface area contributed by atoms with Gasteiger partial charge in [0.1, 0.15) is 6.29 Å². The highest BCUT2D eigenvalue weighted by Crippen LogP contribution is 2.89. The van der Waals surface area contributed by atoms with Gasteiger partial charge in [-0.05, 0) is 128 Å². The Labute approximate surface area is 289 Å². The van der Waals surface area contributed by atoms with Gasteiger partial charge in [-0.15, -0.1) is 0 Å². The lowest BCUT2D eigenvalue weighted by molar-refractivity contribution is -0.248. The summed E-state index contributed by atoms with van der Waals surface area (Å²) in [6.45, 7) is 15.8. The number of unbranched alkanes of at least 4 members (excludes halogenated alkanes) is 1. The molecular weight excluding hydrogens is 604 g/mol. The van der Waals surface area contributed by atoms with E-state index < -0.39 is 6.10 Å². The number of amides is 1. The molecule has 0 aromatic heterocycles. The first-order valence-electron chi connectivity index (χ1n) is 19.9. The number of aliphatic hydroxyl groups excluding tert-OH is 1. The van der Waals surface area contributed by atoms with Crippen LogP contribution in [0.5, 0.6) is 0 Å². The quantitative estimate of drug-likeness (QED) is 0.227. The van der Waals surface area contributed by atoms with Crippen molar-refractivity contribution in [1.82, 2.24) is 10.2 Å². The summed E-state index contributed by atoms with van der Waals surface area (Å²) in [6, 6.07) is 0. The molecule has 6 saturated carbocycles. The van der Waals surface area contributed by atoms with E-state index in [4.69, 9.17) is 14.2 Å². The van der Waals surface area contributed by atoms with E-state index in [1.54, 1.807) is 0 Å². The molecular formula is C40H64N2O6. The summed E-state index contributed by atoms with van der Waals surface area (Å²) in [5.74, 6) is 2.91. The Kier molecular flexibility index (Phi) is 8.51. The Balaban J connectivity index is 0.966. The average molecular weight is 669 g/mol. The third kappa shape index (κ3) is 4.91. The summed E-state index contributed by atoms with van der Waals surface area (Å²) in [4.78, 5) is 25.6. The minimum atomic E-state index is -0.439. The fraction of sp³-hybridized carbons (Fsp3) is 0.950. The maximum absolute atomic E-state index is 12.9. The normalized spacial score (nSPS) is 50.4. The van der Waals surface area contributed by atoms with E-state index in [1.165, 1.54) is 51.4 Å². The molecule has 7 unspecified atom stereocenters. The number of fused-ring (bicyclic) bond motifs is 4. The van der Waals surface area contributed by atoms with E-state index in [0.29, 0.717) is 73.0 Å². The Morgan fingerprint density at radius 3 is 2.58 bits per heavy atom. The monoisotopic (exact) mass is 668 g/mol. The zero-order valence-electron chi connectivity index (χ0n) is 30.5. The van der Waals surface area contributed by atoms with Crippen molar-refractivity contribution in [2.45, 2.75) is 149 Å². The van der Waals surface area contributed by atoms with Crippen molar-refractivity contribution in [2.24, 2.45) is 56.7 Å². The highest BCUT2D eigenvalue weighted by molar-refractivity contribution is 5.76. The van der Waals surface area contributed by atoms with Crippen molar-refractivity contribution in [2.75, 3.05) is 32.8 Å². The largest absolute Gasteiger partial charge is 0.390 e. The number of morpholine rings is 1. The lowest BCUT2D eigenvalue weighted by atomic mass is 9.41. The van der Waals surface area contributed by atoms with Gasteiger partial charge in [-0.25, -0.2) is 0 Å². The van der Waals surface area contributed by atoms with Crippen molar-refractivity contribution in [3.63, 3.8) is 0 Å². The third-order valence-corrected chi connectivity index (χ3v) is 16.7. The molecule has 1 amide bonds. The van der Waals surface area contributed by atoms with Crippen molar-refractivity contribution in [3.8, 4) is 0 Å². The van der Waals surface area contributed by atoms with E-state index >= 15 is 0 Å². The van der Waals surface area contributed by atoms with Crippen molar-refractivity contribution in [1.29, 1.82) is 0 Å². The molecule has 2 N–H and O–H groups in total. The molecule has 0 aromatic rings. The van der Waals surface area contributed by atoms with Crippen LogP contribution in [0.3, 0.4) is 0 Å². The Morgan fingerprint density at radius 2 is 1.81 bits per heavy atom. The maximum Gasteiger partial charge on any atom is 0.223 e. The van der Waals surface area contributed by atoms with Crippen LogP contribution in [-0.4, -0.2) is 85.7 Å². The van der Waals surface area contributed by atoms with Gasteiger partial charge in [-0.3, -0.25) is 4.79 Å². The smallest absolute Gasteiger partial charge is 0.223 e. The summed E-state index contributed by atoms with van der Waals surface area (Å²) in [7, 11) is 0. The van der Waals surface area contributed by atoms with Crippen molar-refractivity contribution < 1.29 is 28.9 Å². The lowest BCUT2D eigenvalue weighted by Crippen LogP contribution is -2.60. The molecule has 48 heavy (non-hydrogen) atoms. The second-order valence-corrected chi connectivity index (χ2v) is 19.1. The average Bonchev–Trinajstić information content (AvgIpc) is 3.98. The first kappa shape index (κ1) is 34.0. The molecule has 6 aliphatic carbocycles. The van der Waals surface area contributed by atoms with E-state index in [-0.39, 0.29) is 46.8 Å². The molecule has 8 aliphatic rings. The lowest BCUT2D eigenvalue weighted by Gasteiger charge is -2.64. The standard InChI is InChI=1S/C40H64N2O6/c1-25-20-27(22-41-16-6-7-18-43)47-34-33(25)37(4)14-15-40-24-39(40)13-12-30(36(2,3)28(39)10-11-29(40)38(37,5)35(34)45)48-32-23-42(17-19-46-32)31(44)21-26-8-9-26/h18,25-30,32-35,41,45H,6-17,19-24H2,1-5H3/t25-,27?,28+,29?,30?,32+,33+,34?,35+,37?,38-,39?,40?/m1/s1. The predicted molar refractivity (Wildman–Crippen MR) is 183 cm³/mol. The number of carbonyl (C=O) groups is 2. The number of nitrogens with zero attached hydrogens (tertiary/aromatic N) is 1. The van der Waals surface area contributed by atoms with Gasteiger partial charge < -0.3 is 34.3 Å². The topological polar surface area (TPSA) is 97.3 Å². The summed E-state index contributed by atoms with van der Waals surface area (Å²) < 4.78 is 19.9. The van der Waals surface area contributed by atoms with Crippen molar-refractivity contribution >= 4 is 12.2 Å². The molecule has 2 saturated heterocycles. The highest BCUT2D eigenvalue weighted by Gasteiger charge is 2.84. The van der Waals surface area contributed by atoms with Crippen LogP contribution >= 0.6 is 0 Å². The van der Waals surface area contributed by atoms with Crippen LogP contribution in [0, 0.1) is 56.7 Å². The van der Waals surface area contributed by atoms with E-state index in [2.05, 4.69) is 39.9 Å². The van der Waals surface area contributed by atoms with Crippen LogP contribution in [0.25, 0.3) is 0 Å². The van der Waals surface area contributed by atoms with Crippen molar-refractivity contribution in [3.05, 3.63) is 0 Å². The van der Waals surface area contributed by atoms with Gasteiger partial charge >= 0.3 is 0 Å². The van der Waals surface area contributed by atoms with Crippen LogP contribution in [0.2, 0.25) is 0 Å². The zero-order valence-corrected chi connectivity index (χ0v) is 30.5. The molecule has 0 radical (unpaired) electrons. The second kappa shape index (κ2) is 12.0. The summed E-state index contributed by atoms with van der Waals surface area (Å²) in [5, 5.41) is 16.0. The molecule has 2 heterocycles. The minimum absolute atomic E-state index is 0.0316. The molecule has 8 rings (SSSR count). The van der Waals surface area contributed by atoms with Gasteiger partial charge in [0.15, 0.2) is 6.29 Å². The molecule has 8 fully saturated rings. The fourth-order valence-electron chi connectivity index (χ4n) is 14.1. The van der Waals surface area contributed by atoms with Gasteiger partial charge in [0.25, 0.3) is 0 Å². The molecule has 8 heteroatoms. The number of rotatable bonds is 10. The van der Waals surface area contributed by atoms with E-state index in [9.17, 15) is 14.7 Å². The van der Waals surface area contributed by atoms with Crippen LogP contribution in [0.15, 0.2) is 0 Å². The zero-order chi connectivity index (χ0) is 33.7. The van der Waals surface area contributed by atoms with E-state index in [1.807, 2.05) is 4.90 Å². The predicted octanol–water partition coefficient (Wildman–Crippen LogP) is 5.74. The maximum atomic E-state index is 12.9. The van der Waals surface area contributed by atoms with Crippen LogP contribution < -0.4 is 5.32 Å². The number of nitrogens with one attached hydrogen (secondary N) is 1. The number of carbonyl (C=O) groups excluding carboxylic acids is 2. The molecule has 2 aliphatic heterocycles. The number of aliphatic hydroxyl groups is 1. The molecule has 0 bridgehead atoms. The number of hydrogen-bond donors (Lipinski definition) is 2. The summed E-state index contributed by atoms with van der Waals surface area (Å²) >= 11 is 0. The minimum Gasteiger partial charge on any atom is -0.390 e. The summed E-state index contributed by atoms with van der Waals surface area (Å²) in [6.07, 6.45) is 14.4. The molecule has 2 spiro atoms. The van der Waals surface area contributed by atoms with Crippen LogP contribution in [0.1, 0.15) is 118 Å². The van der Waals surface area contributed by atoms with Gasteiger partial charge in [-0.1, -0.05) is 34.6 Å². The second-order valence-electron chi connectivity index (χ2n) is 19.1. The summed E-state index contributed by atoms with van der Waals surface area (Å²) in [5.41, 5.74) is 0.611. The molecule has 0 aromatic carbocycles. The third-order valence-electron chi connectivity index (χ3n) is 16.7. The first-order valence-corrected chi connectivity index (χ1v) is 19.9. The highest BCUT2D eigenvalue weighted by atomic mass is 16.7. The van der Waals surface area contributed by atoms with Gasteiger partial charge in [0.2, 0.25) is 5.91 Å². The Bertz CT molecular complexity index is 1260. The van der Waals surface area contributed by atoms with Gasteiger partial charge in [0, 0.05) is 31.3 Å². The fourth-order valence-corrected chi connectivity index (χ4v) is 14.1. The Morgan fingerprint density at radius 1 is 1.04 bits per heavy atom. The molecule has 270 valence electrons. The van der Waals surface area contributed by atoms with Gasteiger partial charge in [0.05, 0.1) is 37.6 Å². The van der Waals surface area contributed by atoms with E-state index in [0.717, 1.165) is 38.6 Å². The molecule has 8 nitrogen and oxygen atoms in total. The number of ether oxygens (including phenoxy) is 3. The van der Waals surface area contributed by atoms with Crippen LogP contribution in [-0.2, 0) is 23.8 Å². The van der Waals surface area contributed by atoms with Gasteiger partial charge in [-0.2, -0.15) is 0 Å².